The molecule has 2 unspecified atom stereocenters. The first-order chi connectivity index (χ1) is 12.5. The zero-order chi connectivity index (χ0) is 20.7. The SMILES string of the molecule is C=C(/C=C(\C=C/C)OCCC1CC1)CC(O)(C(=O)O)C(N)CCC(F)(F)F. The van der Waals surface area contributed by atoms with Crippen LogP contribution >= 0.6 is 0 Å². The summed E-state index contributed by atoms with van der Waals surface area (Å²) >= 11 is 0. The van der Waals surface area contributed by atoms with Crippen molar-refractivity contribution in [2.24, 2.45) is 11.7 Å². The maximum Gasteiger partial charge on any atom is 0.389 e. The van der Waals surface area contributed by atoms with Crippen molar-refractivity contribution in [1.29, 1.82) is 0 Å². The Morgan fingerprint density at radius 2 is 2.04 bits per heavy atom. The van der Waals surface area contributed by atoms with Crippen LogP contribution in [-0.4, -0.2) is 40.6 Å². The van der Waals surface area contributed by atoms with Gasteiger partial charge in [0.25, 0.3) is 0 Å². The molecule has 1 fully saturated rings. The van der Waals surface area contributed by atoms with Gasteiger partial charge in [-0.1, -0.05) is 25.5 Å². The number of aliphatic hydroxyl groups is 1. The highest BCUT2D eigenvalue weighted by atomic mass is 19.4. The summed E-state index contributed by atoms with van der Waals surface area (Å²) in [6.07, 6.45) is 1.20. The fraction of sp³-hybridized carbons (Fsp3) is 0.632. The zero-order valence-electron chi connectivity index (χ0n) is 15.5. The van der Waals surface area contributed by atoms with E-state index in [2.05, 4.69) is 6.58 Å². The second kappa shape index (κ2) is 9.94. The standard InChI is InChI=1S/C19H28F3NO4/c1-3-4-15(27-10-8-14-5-6-14)11-13(2)12-18(26,17(24)25)16(23)7-9-19(20,21)22/h3-4,11,14,16,26H,2,5-10,12,23H2,1H3,(H,24,25)/b4-3-,15-11+. The number of alkyl halides is 3. The van der Waals surface area contributed by atoms with Crippen LogP contribution in [0.3, 0.4) is 0 Å². The Morgan fingerprint density at radius 1 is 1.41 bits per heavy atom. The quantitative estimate of drug-likeness (QED) is 0.348. The van der Waals surface area contributed by atoms with Gasteiger partial charge in [-0.2, -0.15) is 13.2 Å². The van der Waals surface area contributed by atoms with E-state index in [9.17, 15) is 28.2 Å². The lowest BCUT2D eigenvalue weighted by atomic mass is 9.85. The van der Waals surface area contributed by atoms with Crippen molar-refractivity contribution in [3.05, 3.63) is 36.1 Å². The Kier molecular flexibility index (Phi) is 8.56. The molecule has 0 bridgehead atoms. The lowest BCUT2D eigenvalue weighted by molar-refractivity contribution is -0.164. The predicted octanol–water partition coefficient (Wildman–Crippen LogP) is 3.69. The molecule has 4 N–H and O–H groups in total. The number of nitrogens with two attached hydrogens (primary N) is 1. The fourth-order valence-corrected chi connectivity index (χ4v) is 2.57. The number of carboxylic acids is 1. The van der Waals surface area contributed by atoms with E-state index in [-0.39, 0.29) is 5.57 Å². The summed E-state index contributed by atoms with van der Waals surface area (Å²) in [4.78, 5) is 11.5. The molecule has 5 nitrogen and oxygen atoms in total. The number of carboxylic acid groups (broad SMARTS) is 1. The van der Waals surface area contributed by atoms with Crippen LogP contribution in [0.4, 0.5) is 13.2 Å². The number of carbonyl (C=O) groups is 1. The maximum absolute atomic E-state index is 12.4. The summed E-state index contributed by atoms with van der Waals surface area (Å²) in [7, 11) is 0. The number of allylic oxidation sites excluding steroid dienone is 3. The van der Waals surface area contributed by atoms with E-state index in [1.54, 1.807) is 19.1 Å². The molecule has 8 heteroatoms. The number of halogens is 3. The number of ether oxygens (including phenoxy) is 1. The van der Waals surface area contributed by atoms with Crippen LogP contribution in [0, 0.1) is 5.92 Å². The second-order valence-corrected chi connectivity index (χ2v) is 6.95. The van der Waals surface area contributed by atoms with E-state index < -0.39 is 43.1 Å². The van der Waals surface area contributed by atoms with Gasteiger partial charge < -0.3 is 20.7 Å². The first-order valence-electron chi connectivity index (χ1n) is 8.91. The normalized spacial score (nSPS) is 19.0. The minimum Gasteiger partial charge on any atom is -0.494 e. The molecular weight excluding hydrogens is 363 g/mol. The molecule has 154 valence electrons. The molecule has 0 heterocycles. The Hall–Kier alpha value is -1.80. The minimum absolute atomic E-state index is 0.196. The van der Waals surface area contributed by atoms with Crippen LogP contribution in [0.15, 0.2) is 36.1 Å². The van der Waals surface area contributed by atoms with Crippen molar-refractivity contribution in [1.82, 2.24) is 0 Å². The first kappa shape index (κ1) is 23.2. The van der Waals surface area contributed by atoms with Crippen molar-refractivity contribution in [2.45, 2.75) is 63.3 Å². The van der Waals surface area contributed by atoms with Gasteiger partial charge in [-0.3, -0.25) is 0 Å². The van der Waals surface area contributed by atoms with Gasteiger partial charge in [-0.05, 0) is 43.4 Å². The molecule has 0 aromatic heterocycles. The lowest BCUT2D eigenvalue weighted by Gasteiger charge is -2.30. The van der Waals surface area contributed by atoms with Gasteiger partial charge in [0.05, 0.1) is 6.61 Å². The number of hydrogen-bond acceptors (Lipinski definition) is 4. The first-order valence-corrected chi connectivity index (χ1v) is 8.91. The summed E-state index contributed by atoms with van der Waals surface area (Å²) in [5, 5.41) is 19.7. The maximum atomic E-state index is 12.4. The van der Waals surface area contributed by atoms with Crippen molar-refractivity contribution in [2.75, 3.05) is 6.61 Å². The van der Waals surface area contributed by atoms with Crippen molar-refractivity contribution in [3.63, 3.8) is 0 Å². The molecule has 1 aliphatic carbocycles. The molecule has 0 radical (unpaired) electrons. The minimum atomic E-state index is -4.48. The summed E-state index contributed by atoms with van der Waals surface area (Å²) in [6.45, 7) is 5.98. The highest BCUT2D eigenvalue weighted by Crippen LogP contribution is 2.32. The molecule has 0 aromatic carbocycles. The Bertz CT molecular complexity index is 582. The summed E-state index contributed by atoms with van der Waals surface area (Å²) in [6, 6.07) is -1.59. The number of hydrogen-bond donors (Lipinski definition) is 3. The molecule has 0 amide bonds. The summed E-state index contributed by atoms with van der Waals surface area (Å²) in [5.74, 6) is -0.558. The van der Waals surface area contributed by atoms with E-state index in [4.69, 9.17) is 10.5 Å². The van der Waals surface area contributed by atoms with Gasteiger partial charge in [0.15, 0.2) is 5.60 Å². The van der Waals surface area contributed by atoms with Gasteiger partial charge in [0.2, 0.25) is 0 Å². The average Bonchev–Trinajstić information content (AvgIpc) is 3.35. The highest BCUT2D eigenvalue weighted by molar-refractivity contribution is 5.78. The lowest BCUT2D eigenvalue weighted by Crippen LogP contribution is -2.54. The molecule has 1 rings (SSSR count). The van der Waals surface area contributed by atoms with Crippen molar-refractivity contribution < 1.29 is 32.9 Å². The fourth-order valence-electron chi connectivity index (χ4n) is 2.57. The molecule has 27 heavy (non-hydrogen) atoms. The molecule has 0 spiro atoms. The van der Waals surface area contributed by atoms with Crippen LogP contribution in [0.1, 0.15) is 45.4 Å². The van der Waals surface area contributed by atoms with Crippen molar-refractivity contribution >= 4 is 5.97 Å². The molecule has 0 aromatic rings. The van der Waals surface area contributed by atoms with Crippen LogP contribution < -0.4 is 5.73 Å². The van der Waals surface area contributed by atoms with E-state index >= 15 is 0 Å². The van der Waals surface area contributed by atoms with Crippen molar-refractivity contribution in [3.8, 4) is 0 Å². The van der Waals surface area contributed by atoms with E-state index in [1.165, 1.54) is 18.9 Å². The second-order valence-electron chi connectivity index (χ2n) is 6.95. The van der Waals surface area contributed by atoms with Crippen LogP contribution in [-0.2, 0) is 9.53 Å². The van der Waals surface area contributed by atoms with Gasteiger partial charge in [-0.25, -0.2) is 4.79 Å². The summed E-state index contributed by atoms with van der Waals surface area (Å²) < 4.78 is 42.7. The van der Waals surface area contributed by atoms with Gasteiger partial charge >= 0.3 is 12.1 Å². The molecule has 0 aliphatic heterocycles. The number of aliphatic carboxylic acids is 1. The average molecular weight is 391 g/mol. The third-order valence-corrected chi connectivity index (χ3v) is 4.39. The topological polar surface area (TPSA) is 92.8 Å². The van der Waals surface area contributed by atoms with E-state index in [0.717, 1.165) is 6.42 Å². The molecular formula is C19H28F3NO4. The largest absolute Gasteiger partial charge is 0.494 e. The monoisotopic (exact) mass is 391 g/mol. The molecule has 2 atom stereocenters. The van der Waals surface area contributed by atoms with Gasteiger partial charge in [0.1, 0.15) is 5.76 Å². The van der Waals surface area contributed by atoms with Crippen LogP contribution in [0.25, 0.3) is 0 Å². The van der Waals surface area contributed by atoms with E-state index in [1.807, 2.05) is 0 Å². The Morgan fingerprint density at radius 3 is 2.52 bits per heavy atom. The third kappa shape index (κ3) is 8.62. The van der Waals surface area contributed by atoms with E-state index in [0.29, 0.717) is 18.3 Å². The highest BCUT2D eigenvalue weighted by Gasteiger charge is 2.44. The van der Waals surface area contributed by atoms with Gasteiger partial charge in [0, 0.05) is 18.9 Å². The van der Waals surface area contributed by atoms with Crippen LogP contribution in [0.5, 0.6) is 0 Å². The Balaban J connectivity index is 2.76. The van der Waals surface area contributed by atoms with Crippen LogP contribution in [0.2, 0.25) is 0 Å². The molecule has 0 saturated heterocycles. The smallest absolute Gasteiger partial charge is 0.389 e. The molecule has 1 saturated carbocycles. The zero-order valence-corrected chi connectivity index (χ0v) is 15.5. The third-order valence-electron chi connectivity index (χ3n) is 4.39. The Labute approximate surface area is 157 Å². The number of rotatable bonds is 12. The predicted molar refractivity (Wildman–Crippen MR) is 95.8 cm³/mol. The molecule has 1 aliphatic rings. The van der Waals surface area contributed by atoms with Gasteiger partial charge in [-0.15, -0.1) is 0 Å². The summed E-state index contributed by atoms with van der Waals surface area (Å²) in [5.41, 5.74) is 3.23.